The number of benzene rings is 1. The summed E-state index contributed by atoms with van der Waals surface area (Å²) >= 11 is 13.5. The minimum atomic E-state index is -1.32. The fraction of sp³-hybridized carbons (Fsp3) is 0.429. The van der Waals surface area contributed by atoms with E-state index in [0.717, 1.165) is 0 Å². The average molecular weight is 564 g/mol. The van der Waals surface area contributed by atoms with E-state index >= 15 is 0 Å². The van der Waals surface area contributed by atoms with Gasteiger partial charge in [-0.1, -0.05) is 75.9 Å². The van der Waals surface area contributed by atoms with Gasteiger partial charge in [-0.3, -0.25) is 0 Å². The van der Waals surface area contributed by atoms with Gasteiger partial charge >= 0.3 is 0 Å². The molecule has 0 aliphatic heterocycles. The molecule has 4 nitrogen and oxygen atoms in total. The zero-order valence-electron chi connectivity index (χ0n) is 11.3. The summed E-state index contributed by atoms with van der Waals surface area (Å²) in [6, 6.07) is 2.54. The third-order valence-electron chi connectivity index (χ3n) is 3.06. The van der Waals surface area contributed by atoms with E-state index in [-0.39, 0.29) is 20.8 Å². The van der Waals surface area contributed by atoms with E-state index in [1.165, 1.54) is 12.1 Å². The van der Waals surface area contributed by atoms with Gasteiger partial charge in [0.25, 0.3) is 0 Å². The molecule has 0 aliphatic rings. The number of halogens is 4. The predicted octanol–water partition coefficient (Wildman–Crippen LogP) is 1.82. The largest absolute Gasteiger partial charge is 0.545 e. The van der Waals surface area contributed by atoms with Crippen LogP contribution in [-0.4, -0.2) is 32.3 Å². The molecule has 0 aliphatic carbocycles. The third kappa shape index (κ3) is 5.32. The van der Waals surface area contributed by atoms with Crippen LogP contribution in [0, 0.1) is 0 Å². The molecule has 0 fully saturated rings. The summed E-state index contributed by atoms with van der Waals surface area (Å²) in [5, 5.41) is 23.9. The van der Waals surface area contributed by atoms with Crippen LogP contribution in [0.25, 0.3) is 0 Å². The first-order valence-corrected chi connectivity index (χ1v) is 10.4. The Morgan fingerprint density at radius 3 is 1.41 bits per heavy atom. The highest BCUT2D eigenvalue weighted by Gasteiger charge is 2.19. The van der Waals surface area contributed by atoms with Crippen molar-refractivity contribution in [3.05, 3.63) is 34.4 Å². The molecule has 2 unspecified atom stereocenters. The van der Waals surface area contributed by atoms with Crippen LogP contribution in [0.4, 0.5) is 0 Å². The Morgan fingerprint density at radius 1 is 0.864 bits per heavy atom. The normalized spacial score (nSPS) is 13.6. The van der Waals surface area contributed by atoms with Gasteiger partial charge < -0.3 is 19.8 Å². The summed E-state index contributed by atoms with van der Waals surface area (Å²) in [6.45, 7) is 0. The molecule has 0 amide bonds. The van der Waals surface area contributed by atoms with Gasteiger partial charge in [-0.2, -0.15) is 0 Å². The van der Waals surface area contributed by atoms with Crippen LogP contribution < -0.4 is 10.2 Å². The molecule has 0 heterocycles. The lowest BCUT2D eigenvalue weighted by atomic mass is 9.90. The van der Waals surface area contributed by atoms with E-state index < -0.39 is 11.9 Å². The number of alkyl halides is 4. The lowest BCUT2D eigenvalue weighted by Gasteiger charge is -2.22. The number of hydrogen-bond donors (Lipinski definition) is 0. The molecule has 1 aromatic rings. The summed E-state index contributed by atoms with van der Waals surface area (Å²) in [5.41, 5.74) is 0.959. The third-order valence-corrected chi connectivity index (χ3v) is 7.65. The zero-order valence-corrected chi connectivity index (χ0v) is 17.6. The molecular formula is C14H12Br4O4-2. The van der Waals surface area contributed by atoms with E-state index in [1.807, 2.05) is 0 Å². The number of carboxylic acid groups (broad SMARTS) is 2. The number of carboxylic acids is 2. The minimum Gasteiger partial charge on any atom is -0.545 e. The monoisotopic (exact) mass is 560 g/mol. The van der Waals surface area contributed by atoms with Crippen molar-refractivity contribution in [2.45, 2.75) is 22.5 Å². The summed E-state index contributed by atoms with van der Waals surface area (Å²) in [6.07, 6.45) is 0.736. The molecule has 0 N–H and O–H groups in total. The summed E-state index contributed by atoms with van der Waals surface area (Å²) in [7, 11) is 0. The molecule has 0 bridgehead atoms. The van der Waals surface area contributed by atoms with Crippen molar-refractivity contribution < 1.29 is 19.8 Å². The molecule has 0 aromatic heterocycles. The van der Waals surface area contributed by atoms with Crippen LogP contribution in [0.2, 0.25) is 0 Å². The first-order valence-electron chi connectivity index (χ1n) is 6.29. The maximum atomic E-state index is 11.4. The van der Waals surface area contributed by atoms with E-state index in [0.29, 0.717) is 34.6 Å². The van der Waals surface area contributed by atoms with Gasteiger partial charge in [-0.25, -0.2) is 0 Å². The average Bonchev–Trinajstić information content (AvgIpc) is 2.47. The zero-order chi connectivity index (χ0) is 16.9. The minimum absolute atomic E-state index is 0.0136. The second-order valence-corrected chi connectivity index (χ2v) is 8.49. The first kappa shape index (κ1) is 20.1. The Morgan fingerprint density at radius 2 is 1.18 bits per heavy atom. The van der Waals surface area contributed by atoms with Gasteiger partial charge in [0.2, 0.25) is 0 Å². The van der Waals surface area contributed by atoms with Crippen molar-refractivity contribution in [3.63, 3.8) is 0 Å². The van der Waals surface area contributed by atoms with E-state index in [9.17, 15) is 19.8 Å². The predicted molar refractivity (Wildman–Crippen MR) is 95.5 cm³/mol. The summed E-state index contributed by atoms with van der Waals surface area (Å²) in [4.78, 5) is 22.7. The van der Waals surface area contributed by atoms with Gasteiger partial charge in [0, 0.05) is 31.4 Å². The lowest BCUT2D eigenvalue weighted by molar-refractivity contribution is -0.256. The van der Waals surface area contributed by atoms with Crippen LogP contribution in [0.15, 0.2) is 12.1 Å². The summed E-state index contributed by atoms with van der Waals surface area (Å²) < 4.78 is 0. The fourth-order valence-electron chi connectivity index (χ4n) is 2.09. The Kier molecular flexibility index (Phi) is 8.59. The van der Waals surface area contributed by atoms with Gasteiger partial charge in [-0.15, -0.1) is 0 Å². The van der Waals surface area contributed by atoms with E-state index in [4.69, 9.17) is 0 Å². The first-order chi connectivity index (χ1) is 10.3. The lowest BCUT2D eigenvalue weighted by Crippen LogP contribution is -2.29. The quantitative estimate of drug-likeness (QED) is 0.452. The molecule has 1 aromatic carbocycles. The number of rotatable bonds is 8. The van der Waals surface area contributed by atoms with Crippen molar-refractivity contribution in [3.8, 4) is 0 Å². The number of hydrogen-bond acceptors (Lipinski definition) is 4. The van der Waals surface area contributed by atoms with Crippen molar-refractivity contribution in [1.29, 1.82) is 0 Å². The smallest absolute Gasteiger partial charge is 0.0718 e. The standard InChI is InChI=1S/C14H14Br4O4/c15-5-7(17)3-11-9(13(19)20)1-2-10(14(21)22)12(11)4-8(18)6-16/h1-2,7-8H,3-6H2,(H,19,20)(H,21,22)/p-2. The van der Waals surface area contributed by atoms with Gasteiger partial charge in [0.1, 0.15) is 0 Å². The Labute approximate surface area is 162 Å². The molecular weight excluding hydrogens is 552 g/mol. The topological polar surface area (TPSA) is 80.3 Å². The molecule has 2 atom stereocenters. The maximum absolute atomic E-state index is 11.4. The molecule has 0 spiro atoms. The summed E-state index contributed by atoms with van der Waals surface area (Å²) in [5.74, 6) is -2.64. The van der Waals surface area contributed by atoms with Gasteiger partial charge in [0.15, 0.2) is 0 Å². The Bertz CT molecular complexity index is 513. The number of carbonyl (C=O) groups is 2. The SMILES string of the molecule is O=C([O-])c1ccc(C(=O)[O-])c(CC(Br)CBr)c1CC(Br)CBr. The van der Waals surface area contributed by atoms with Crippen LogP contribution in [-0.2, 0) is 12.8 Å². The highest BCUT2D eigenvalue weighted by molar-refractivity contribution is 9.12. The molecule has 8 heteroatoms. The Hall–Kier alpha value is 0.0800. The highest BCUT2D eigenvalue weighted by Crippen LogP contribution is 2.26. The fourth-order valence-corrected chi connectivity index (χ4v) is 3.20. The second kappa shape index (κ2) is 9.39. The molecule has 0 radical (unpaired) electrons. The van der Waals surface area contributed by atoms with Crippen LogP contribution >= 0.6 is 63.7 Å². The maximum Gasteiger partial charge on any atom is 0.0718 e. The van der Waals surface area contributed by atoms with Crippen molar-refractivity contribution in [2.75, 3.05) is 10.7 Å². The molecule has 0 saturated carbocycles. The van der Waals surface area contributed by atoms with Crippen LogP contribution in [0.1, 0.15) is 31.8 Å². The molecule has 122 valence electrons. The molecule has 0 saturated heterocycles. The van der Waals surface area contributed by atoms with Crippen LogP contribution in [0.3, 0.4) is 0 Å². The van der Waals surface area contributed by atoms with Crippen molar-refractivity contribution in [2.24, 2.45) is 0 Å². The number of carbonyl (C=O) groups excluding carboxylic acids is 2. The van der Waals surface area contributed by atoms with E-state index in [2.05, 4.69) is 63.7 Å². The van der Waals surface area contributed by atoms with Crippen LogP contribution in [0.5, 0.6) is 0 Å². The van der Waals surface area contributed by atoms with Gasteiger partial charge in [0.05, 0.1) is 11.9 Å². The van der Waals surface area contributed by atoms with Gasteiger partial charge in [-0.05, 0) is 24.0 Å². The van der Waals surface area contributed by atoms with Crippen molar-refractivity contribution in [1.82, 2.24) is 0 Å². The highest BCUT2D eigenvalue weighted by atomic mass is 79.9. The molecule has 1 rings (SSSR count). The Balaban J connectivity index is 3.50. The van der Waals surface area contributed by atoms with Crippen molar-refractivity contribution >= 4 is 75.7 Å². The second-order valence-electron chi connectivity index (χ2n) is 4.60. The number of aromatic carboxylic acids is 2. The molecule has 22 heavy (non-hydrogen) atoms. The van der Waals surface area contributed by atoms with E-state index in [1.54, 1.807) is 0 Å².